The monoisotopic (exact) mass is 318 g/mol. The summed E-state index contributed by atoms with van der Waals surface area (Å²) in [5.74, 6) is 0.688. The van der Waals surface area contributed by atoms with E-state index in [2.05, 4.69) is 43.0 Å². The first-order chi connectivity index (χ1) is 10.7. The van der Waals surface area contributed by atoms with Crippen molar-refractivity contribution in [3.8, 4) is 0 Å². The minimum Gasteiger partial charge on any atom is -0.400 e. The molecule has 6 nitrogen and oxygen atoms in total. The van der Waals surface area contributed by atoms with Crippen LogP contribution in [0.25, 0.3) is 6.08 Å². The standard InChI is InChI=1S/C16H27BN4O2/c1-15(2)16(3,4)23-17(22-15)13(11-18-5)8-12-9-19-14(20-10-12)21(6)7/h8-10,18H,11H2,1-7H3. The Labute approximate surface area is 139 Å². The summed E-state index contributed by atoms with van der Waals surface area (Å²) in [4.78, 5) is 10.6. The second kappa shape index (κ2) is 6.59. The predicted molar refractivity (Wildman–Crippen MR) is 94.3 cm³/mol. The zero-order valence-electron chi connectivity index (χ0n) is 15.2. The van der Waals surface area contributed by atoms with Crippen molar-refractivity contribution in [2.24, 2.45) is 0 Å². The van der Waals surface area contributed by atoms with Gasteiger partial charge in [0.1, 0.15) is 0 Å². The minimum absolute atomic E-state index is 0.351. The average Bonchev–Trinajstić information content (AvgIpc) is 2.67. The second-order valence-electron chi connectivity index (χ2n) is 7.05. The summed E-state index contributed by atoms with van der Waals surface area (Å²) in [5.41, 5.74) is 1.24. The highest BCUT2D eigenvalue weighted by molar-refractivity contribution is 6.55. The van der Waals surface area contributed by atoms with E-state index in [-0.39, 0.29) is 18.3 Å². The van der Waals surface area contributed by atoms with Crippen LogP contribution in [0.5, 0.6) is 0 Å². The molecule has 0 radical (unpaired) electrons. The molecule has 1 N–H and O–H groups in total. The number of nitrogens with zero attached hydrogens (tertiary/aromatic N) is 3. The fourth-order valence-electron chi connectivity index (χ4n) is 2.25. The molecule has 126 valence electrons. The van der Waals surface area contributed by atoms with E-state index in [1.807, 2.05) is 44.5 Å². The molecule has 0 bridgehead atoms. The Bertz CT molecular complexity index is 554. The van der Waals surface area contributed by atoms with E-state index in [0.29, 0.717) is 12.5 Å². The van der Waals surface area contributed by atoms with Gasteiger partial charge < -0.3 is 19.5 Å². The molecule has 0 aromatic carbocycles. The highest BCUT2D eigenvalue weighted by atomic mass is 16.7. The quantitative estimate of drug-likeness (QED) is 0.835. The van der Waals surface area contributed by atoms with Gasteiger partial charge in [0.15, 0.2) is 0 Å². The largest absolute Gasteiger partial charge is 0.491 e. The van der Waals surface area contributed by atoms with Crippen molar-refractivity contribution in [2.75, 3.05) is 32.6 Å². The molecule has 23 heavy (non-hydrogen) atoms. The molecule has 1 aromatic heterocycles. The molecule has 0 amide bonds. The van der Waals surface area contributed by atoms with Crippen LogP contribution in [0.1, 0.15) is 33.3 Å². The molecule has 1 aliphatic rings. The van der Waals surface area contributed by atoms with Crippen molar-refractivity contribution >= 4 is 19.1 Å². The highest BCUT2D eigenvalue weighted by Crippen LogP contribution is 2.38. The van der Waals surface area contributed by atoms with Gasteiger partial charge in [0.25, 0.3) is 0 Å². The van der Waals surface area contributed by atoms with Crippen molar-refractivity contribution in [3.63, 3.8) is 0 Å². The number of anilines is 1. The molecule has 1 aliphatic heterocycles. The Kier molecular flexibility index (Phi) is 5.13. The van der Waals surface area contributed by atoms with Crippen molar-refractivity contribution in [1.29, 1.82) is 0 Å². The molecule has 1 aromatic rings. The third-order valence-corrected chi connectivity index (χ3v) is 4.35. The van der Waals surface area contributed by atoms with E-state index < -0.39 is 0 Å². The van der Waals surface area contributed by atoms with Crippen molar-refractivity contribution in [1.82, 2.24) is 15.3 Å². The van der Waals surface area contributed by atoms with Crippen LogP contribution in [0.3, 0.4) is 0 Å². The first kappa shape index (κ1) is 17.9. The van der Waals surface area contributed by atoms with E-state index in [0.717, 1.165) is 11.0 Å². The molecule has 1 saturated heterocycles. The van der Waals surface area contributed by atoms with Gasteiger partial charge in [-0.15, -0.1) is 0 Å². The number of hydrogen-bond acceptors (Lipinski definition) is 6. The van der Waals surface area contributed by atoms with Gasteiger partial charge in [-0.25, -0.2) is 9.97 Å². The van der Waals surface area contributed by atoms with Gasteiger partial charge >= 0.3 is 7.12 Å². The Balaban J connectivity index is 2.25. The van der Waals surface area contributed by atoms with Crippen LogP contribution in [0, 0.1) is 0 Å². The maximum atomic E-state index is 6.13. The summed E-state index contributed by atoms with van der Waals surface area (Å²) < 4.78 is 12.3. The lowest BCUT2D eigenvalue weighted by atomic mass is 9.77. The normalized spacial score (nSPS) is 20.0. The molecule has 0 saturated carbocycles. The maximum absolute atomic E-state index is 6.13. The van der Waals surface area contributed by atoms with Gasteiger partial charge in [-0.2, -0.15) is 0 Å². The van der Waals surface area contributed by atoms with E-state index in [1.165, 1.54) is 0 Å². The third kappa shape index (κ3) is 3.91. The topological polar surface area (TPSA) is 59.5 Å². The number of rotatable bonds is 5. The van der Waals surface area contributed by atoms with Crippen LogP contribution in [0.15, 0.2) is 17.9 Å². The summed E-state index contributed by atoms with van der Waals surface area (Å²) in [6, 6.07) is 0. The lowest BCUT2D eigenvalue weighted by Crippen LogP contribution is -2.41. The second-order valence-corrected chi connectivity index (χ2v) is 7.05. The van der Waals surface area contributed by atoms with Gasteiger partial charge in [0.2, 0.25) is 5.95 Å². The summed E-state index contributed by atoms with van der Waals surface area (Å²) in [5, 5.41) is 3.17. The fraction of sp³-hybridized carbons (Fsp3) is 0.625. The van der Waals surface area contributed by atoms with Crippen molar-refractivity contribution in [3.05, 3.63) is 23.4 Å². The van der Waals surface area contributed by atoms with Gasteiger partial charge in [-0.1, -0.05) is 6.08 Å². The van der Waals surface area contributed by atoms with E-state index in [1.54, 1.807) is 0 Å². The molecule has 7 heteroatoms. The molecule has 0 aliphatic carbocycles. The fourth-order valence-corrected chi connectivity index (χ4v) is 2.25. The van der Waals surface area contributed by atoms with E-state index in [4.69, 9.17) is 9.31 Å². The number of aromatic nitrogens is 2. The number of hydrogen-bond donors (Lipinski definition) is 1. The van der Waals surface area contributed by atoms with Gasteiger partial charge in [-0.05, 0) is 40.2 Å². The maximum Gasteiger partial charge on any atom is 0.491 e. The summed E-state index contributed by atoms with van der Waals surface area (Å²) in [6.45, 7) is 8.89. The Morgan fingerprint density at radius 1 is 1.17 bits per heavy atom. The van der Waals surface area contributed by atoms with Crippen LogP contribution in [-0.2, 0) is 9.31 Å². The Hall–Kier alpha value is -1.44. The highest BCUT2D eigenvalue weighted by Gasteiger charge is 2.52. The van der Waals surface area contributed by atoms with Crippen LogP contribution in [0.4, 0.5) is 5.95 Å². The van der Waals surface area contributed by atoms with E-state index in [9.17, 15) is 0 Å². The molecular weight excluding hydrogens is 291 g/mol. The van der Waals surface area contributed by atoms with Crippen LogP contribution in [0.2, 0.25) is 0 Å². The smallest absolute Gasteiger partial charge is 0.400 e. The third-order valence-electron chi connectivity index (χ3n) is 4.35. The molecule has 2 rings (SSSR count). The summed E-state index contributed by atoms with van der Waals surface area (Å²) in [7, 11) is 5.37. The zero-order chi connectivity index (χ0) is 17.3. The molecular formula is C16H27BN4O2. The van der Waals surface area contributed by atoms with E-state index >= 15 is 0 Å². The molecule has 0 atom stereocenters. The zero-order valence-corrected chi connectivity index (χ0v) is 15.2. The average molecular weight is 318 g/mol. The number of nitrogens with one attached hydrogen (secondary N) is 1. The first-order valence-electron chi connectivity index (χ1n) is 7.86. The van der Waals surface area contributed by atoms with Crippen LogP contribution >= 0.6 is 0 Å². The van der Waals surface area contributed by atoms with Gasteiger partial charge in [0, 0.05) is 38.6 Å². The SMILES string of the molecule is CNCC(=Cc1cnc(N(C)C)nc1)B1OC(C)(C)C(C)(C)O1. The summed E-state index contributed by atoms with van der Waals surface area (Å²) in [6.07, 6.45) is 5.64. The lowest BCUT2D eigenvalue weighted by Gasteiger charge is -2.32. The molecule has 0 spiro atoms. The minimum atomic E-state index is -0.374. The van der Waals surface area contributed by atoms with Gasteiger partial charge in [-0.3, -0.25) is 0 Å². The molecule has 0 unspecified atom stereocenters. The predicted octanol–water partition coefficient (Wildman–Crippen LogP) is 1.78. The Morgan fingerprint density at radius 2 is 1.70 bits per heavy atom. The van der Waals surface area contributed by atoms with Crippen molar-refractivity contribution in [2.45, 2.75) is 38.9 Å². The van der Waals surface area contributed by atoms with Crippen LogP contribution < -0.4 is 10.2 Å². The molecule has 2 heterocycles. The lowest BCUT2D eigenvalue weighted by molar-refractivity contribution is 0.00578. The Morgan fingerprint density at radius 3 is 2.13 bits per heavy atom. The van der Waals surface area contributed by atoms with Crippen molar-refractivity contribution < 1.29 is 9.31 Å². The summed E-state index contributed by atoms with van der Waals surface area (Å²) >= 11 is 0. The van der Waals surface area contributed by atoms with Gasteiger partial charge in [0.05, 0.1) is 11.2 Å². The molecule has 1 fully saturated rings. The van der Waals surface area contributed by atoms with Crippen LogP contribution in [-0.4, -0.2) is 56.0 Å². The first-order valence-corrected chi connectivity index (χ1v) is 7.86. The number of likely N-dealkylation sites (N-methyl/N-ethyl adjacent to an activating group) is 1.